The van der Waals surface area contributed by atoms with Gasteiger partial charge in [-0.3, -0.25) is 14.8 Å². The van der Waals surface area contributed by atoms with E-state index < -0.39 is 15.6 Å². The van der Waals surface area contributed by atoms with E-state index in [9.17, 15) is 18.3 Å². The van der Waals surface area contributed by atoms with Gasteiger partial charge in [-0.05, 0) is 48.4 Å². The van der Waals surface area contributed by atoms with Gasteiger partial charge < -0.3 is 5.11 Å². The van der Waals surface area contributed by atoms with Crippen molar-refractivity contribution in [2.75, 3.05) is 0 Å². The second-order valence-electron chi connectivity index (χ2n) is 7.32. The number of nitrogens with zero attached hydrogens (tertiary/aromatic N) is 2. The van der Waals surface area contributed by atoms with Crippen LogP contribution in [0.4, 0.5) is 0 Å². The third-order valence-electron chi connectivity index (χ3n) is 5.02. The largest absolute Gasteiger partial charge is 0.494 e. The van der Waals surface area contributed by atoms with Crippen molar-refractivity contribution in [1.82, 2.24) is 9.97 Å². The maximum Gasteiger partial charge on any atom is 0.258 e. The van der Waals surface area contributed by atoms with Gasteiger partial charge in [0.2, 0.25) is 15.9 Å². The van der Waals surface area contributed by atoms with E-state index in [0.717, 1.165) is 21.7 Å². The summed E-state index contributed by atoms with van der Waals surface area (Å²) in [5.74, 6) is -0.278. The van der Waals surface area contributed by atoms with Crippen LogP contribution < -0.4 is 10.7 Å². The Morgan fingerprint density at radius 1 is 1.15 bits per heavy atom. The average molecular weight is 481 g/mol. The van der Waals surface area contributed by atoms with Crippen LogP contribution >= 0.6 is 11.3 Å². The van der Waals surface area contributed by atoms with Crippen molar-refractivity contribution in [2.24, 2.45) is 10.1 Å². The summed E-state index contributed by atoms with van der Waals surface area (Å²) < 4.78 is 22.7. The highest BCUT2D eigenvalue weighted by molar-refractivity contribution is 7.89. The predicted molar refractivity (Wildman–Crippen MR) is 131 cm³/mol. The Labute approximate surface area is 193 Å². The zero-order valence-electron chi connectivity index (χ0n) is 17.5. The molecule has 0 saturated carbocycles. The predicted octanol–water partition coefficient (Wildman–Crippen LogP) is 3.44. The number of nitrogens with two attached hydrogens (primary N) is 1. The van der Waals surface area contributed by atoms with E-state index in [1.54, 1.807) is 23.7 Å². The van der Waals surface area contributed by atoms with Crippen molar-refractivity contribution in [3.8, 4) is 5.88 Å². The number of nitrogens with one attached hydrogen (secondary N) is 1. The van der Waals surface area contributed by atoms with Crippen LogP contribution in [-0.2, 0) is 16.6 Å². The molecule has 168 valence electrons. The van der Waals surface area contributed by atoms with E-state index in [0.29, 0.717) is 16.3 Å². The standard InChI is InChI=1S/C23H20N4O4S2/c1-14-21(32-13-26-14)9-5-15-4-8-18-19(10-15)20(23(29)27-22(18)28)12-25-11-16-2-6-17(7-3-16)33(24,30)31/h2-10,12-13H,11H2,1H3,(H2,24,30,31)(H2,27,28,29). The topological polar surface area (TPSA) is 138 Å². The number of thiazole rings is 1. The minimum atomic E-state index is -3.76. The number of sulfonamides is 1. The maximum atomic E-state index is 12.3. The zero-order valence-corrected chi connectivity index (χ0v) is 19.2. The molecule has 0 spiro atoms. The van der Waals surface area contributed by atoms with Gasteiger partial charge in [-0.15, -0.1) is 11.3 Å². The molecule has 4 aromatic rings. The summed E-state index contributed by atoms with van der Waals surface area (Å²) in [7, 11) is -3.76. The van der Waals surface area contributed by atoms with Gasteiger partial charge in [0.1, 0.15) is 0 Å². The number of fused-ring (bicyclic) bond motifs is 1. The van der Waals surface area contributed by atoms with E-state index in [-0.39, 0.29) is 17.3 Å². The molecule has 0 aliphatic carbocycles. The van der Waals surface area contributed by atoms with Crippen LogP contribution in [0.1, 0.15) is 27.3 Å². The fourth-order valence-corrected chi connectivity index (χ4v) is 4.47. The first kappa shape index (κ1) is 22.6. The first-order chi connectivity index (χ1) is 15.7. The zero-order chi connectivity index (χ0) is 23.6. The van der Waals surface area contributed by atoms with Gasteiger partial charge in [-0.25, -0.2) is 18.5 Å². The highest BCUT2D eigenvalue weighted by Crippen LogP contribution is 2.24. The summed E-state index contributed by atoms with van der Waals surface area (Å²) >= 11 is 1.54. The number of aromatic nitrogens is 2. The number of hydrogen-bond acceptors (Lipinski definition) is 7. The first-order valence-electron chi connectivity index (χ1n) is 9.81. The summed E-state index contributed by atoms with van der Waals surface area (Å²) in [5.41, 5.74) is 4.33. The number of hydrogen-bond donors (Lipinski definition) is 3. The summed E-state index contributed by atoms with van der Waals surface area (Å²) in [6.07, 6.45) is 5.37. The van der Waals surface area contributed by atoms with Crippen molar-refractivity contribution in [3.63, 3.8) is 0 Å². The van der Waals surface area contributed by atoms with Gasteiger partial charge in [0, 0.05) is 21.9 Å². The van der Waals surface area contributed by atoms with Gasteiger partial charge >= 0.3 is 0 Å². The number of primary sulfonamides is 1. The van der Waals surface area contributed by atoms with Crippen molar-refractivity contribution in [3.05, 3.63) is 85.6 Å². The van der Waals surface area contributed by atoms with Crippen LogP contribution in [0, 0.1) is 6.92 Å². The van der Waals surface area contributed by atoms with Gasteiger partial charge in [-0.2, -0.15) is 0 Å². The molecular formula is C23H20N4O4S2. The molecule has 0 atom stereocenters. The van der Waals surface area contributed by atoms with E-state index in [4.69, 9.17) is 5.14 Å². The highest BCUT2D eigenvalue weighted by Gasteiger charge is 2.10. The molecule has 0 radical (unpaired) electrons. The molecule has 10 heteroatoms. The van der Waals surface area contributed by atoms with Gasteiger partial charge in [0.15, 0.2) is 0 Å². The third-order valence-corrected chi connectivity index (χ3v) is 6.85. The van der Waals surface area contributed by atoms with Crippen LogP contribution in [0.15, 0.2) is 62.7 Å². The SMILES string of the molecule is Cc1ncsc1C=Cc1ccc2c(=O)[nH]c(O)c(C=NCc3ccc(S(N)(=O)=O)cc3)c2c1. The van der Waals surface area contributed by atoms with E-state index in [1.165, 1.54) is 29.7 Å². The molecule has 0 amide bonds. The van der Waals surface area contributed by atoms with Crippen molar-refractivity contribution >= 4 is 50.5 Å². The minimum absolute atomic E-state index is 0.0219. The molecule has 8 nitrogen and oxygen atoms in total. The van der Waals surface area contributed by atoms with E-state index in [1.807, 2.05) is 31.2 Å². The normalized spacial score (nSPS) is 12.3. The number of aliphatic imine (C=N–C) groups is 1. The van der Waals surface area contributed by atoms with Gasteiger partial charge in [-0.1, -0.05) is 24.3 Å². The first-order valence-corrected chi connectivity index (χ1v) is 12.2. The average Bonchev–Trinajstić information content (AvgIpc) is 3.18. The minimum Gasteiger partial charge on any atom is -0.494 e. The van der Waals surface area contributed by atoms with E-state index in [2.05, 4.69) is 15.0 Å². The van der Waals surface area contributed by atoms with Crippen LogP contribution in [0.5, 0.6) is 5.88 Å². The van der Waals surface area contributed by atoms with Gasteiger partial charge in [0.05, 0.1) is 28.2 Å². The van der Waals surface area contributed by atoms with Crippen LogP contribution in [0.2, 0.25) is 0 Å². The van der Waals surface area contributed by atoms with Crippen molar-refractivity contribution < 1.29 is 13.5 Å². The fourth-order valence-electron chi connectivity index (χ4n) is 3.26. The quantitative estimate of drug-likeness (QED) is 0.363. The smallest absolute Gasteiger partial charge is 0.258 e. The molecule has 0 unspecified atom stereocenters. The number of aryl methyl sites for hydroxylation is 1. The molecule has 0 saturated heterocycles. The Bertz CT molecular complexity index is 1550. The lowest BCUT2D eigenvalue weighted by Gasteiger charge is -2.06. The van der Waals surface area contributed by atoms with Crippen LogP contribution in [0.3, 0.4) is 0 Å². The number of H-pyrrole nitrogens is 1. The molecule has 2 aromatic heterocycles. The summed E-state index contributed by atoms with van der Waals surface area (Å²) in [6, 6.07) is 11.4. The maximum absolute atomic E-state index is 12.3. The van der Waals surface area contributed by atoms with Crippen molar-refractivity contribution in [1.29, 1.82) is 0 Å². The molecule has 33 heavy (non-hydrogen) atoms. The lowest BCUT2D eigenvalue weighted by molar-refractivity contribution is 0.452. The lowest BCUT2D eigenvalue weighted by atomic mass is 10.0. The molecule has 4 rings (SSSR count). The molecule has 0 fully saturated rings. The second kappa shape index (κ2) is 9.10. The summed E-state index contributed by atoms with van der Waals surface area (Å²) in [6.45, 7) is 2.18. The summed E-state index contributed by atoms with van der Waals surface area (Å²) in [5, 5.41) is 16.5. The molecule has 4 N–H and O–H groups in total. The molecule has 2 heterocycles. The Morgan fingerprint density at radius 2 is 1.91 bits per heavy atom. The van der Waals surface area contributed by atoms with Crippen LogP contribution in [-0.4, -0.2) is 29.7 Å². The molecular weight excluding hydrogens is 460 g/mol. The molecule has 0 bridgehead atoms. The van der Waals surface area contributed by atoms with Crippen molar-refractivity contribution in [2.45, 2.75) is 18.4 Å². The third kappa shape index (κ3) is 5.08. The number of aromatic hydroxyl groups is 1. The second-order valence-corrected chi connectivity index (χ2v) is 9.76. The molecule has 0 aliphatic rings. The fraction of sp³-hybridized carbons (Fsp3) is 0.0870. The monoisotopic (exact) mass is 480 g/mol. The Hall–Kier alpha value is -3.60. The Balaban J connectivity index is 1.65. The lowest BCUT2D eigenvalue weighted by Crippen LogP contribution is -2.11. The highest BCUT2D eigenvalue weighted by atomic mass is 32.2. The molecule has 0 aliphatic heterocycles. The van der Waals surface area contributed by atoms with Gasteiger partial charge in [0.25, 0.3) is 5.56 Å². The van der Waals surface area contributed by atoms with Crippen LogP contribution in [0.25, 0.3) is 22.9 Å². The Kier molecular flexibility index (Phi) is 6.23. The van der Waals surface area contributed by atoms with E-state index >= 15 is 0 Å². The molecule has 2 aromatic carbocycles. The number of rotatable bonds is 6. The number of benzene rings is 2. The number of aromatic amines is 1. The number of pyridine rings is 1. The summed E-state index contributed by atoms with van der Waals surface area (Å²) in [4.78, 5) is 24.4. The Morgan fingerprint density at radius 3 is 2.58 bits per heavy atom.